The van der Waals surface area contributed by atoms with Crippen LogP contribution in [0.2, 0.25) is 0 Å². The molecule has 0 aromatic heterocycles. The molecule has 116 valence electrons. The van der Waals surface area contributed by atoms with Crippen LogP contribution in [0.15, 0.2) is 12.2 Å². The maximum Gasteiger partial charge on any atom is 0.348 e. The number of carbonyl (C=O) groups excluding carboxylic acids is 2. The van der Waals surface area contributed by atoms with E-state index in [9.17, 15) is 9.59 Å². The fraction of sp³-hybridized carbons (Fsp3) is 0.714. The molecule has 0 radical (unpaired) electrons. The van der Waals surface area contributed by atoms with Gasteiger partial charge in [0.15, 0.2) is 5.79 Å². The zero-order valence-electron chi connectivity index (χ0n) is 12.5. The Morgan fingerprint density at radius 3 is 2.67 bits per heavy atom. The number of carbonyl (C=O) groups is 2. The molecular weight excluding hydrogens is 278 g/mol. The Balaban J connectivity index is 2.03. The first-order valence-electron chi connectivity index (χ1n) is 7.02. The molecule has 0 spiro atoms. The molecule has 7 nitrogen and oxygen atoms in total. The molecule has 2 bridgehead atoms. The molecule has 7 heteroatoms. The number of hydroxylamine groups is 2. The second-order valence-electron chi connectivity index (χ2n) is 5.82. The summed E-state index contributed by atoms with van der Waals surface area (Å²) in [6, 6.07) is -0.412. The first-order valence-corrected chi connectivity index (χ1v) is 7.02. The molecule has 4 atom stereocenters. The van der Waals surface area contributed by atoms with E-state index in [2.05, 4.69) is 0 Å². The van der Waals surface area contributed by atoms with Crippen LogP contribution in [0.3, 0.4) is 0 Å². The molecule has 4 aliphatic rings. The summed E-state index contributed by atoms with van der Waals surface area (Å²) in [5.74, 6) is -1.74. The van der Waals surface area contributed by atoms with Crippen molar-refractivity contribution in [2.75, 3.05) is 6.61 Å². The van der Waals surface area contributed by atoms with Gasteiger partial charge in [0, 0.05) is 6.92 Å². The van der Waals surface area contributed by atoms with E-state index in [0.717, 1.165) is 0 Å². The highest BCUT2D eigenvalue weighted by molar-refractivity contribution is 5.85. The number of rotatable bonds is 2. The molecule has 3 aliphatic heterocycles. The molecule has 1 aliphatic carbocycles. The van der Waals surface area contributed by atoms with Gasteiger partial charge in [-0.15, -0.1) is 0 Å². The largest absolute Gasteiger partial charge is 0.463 e. The third-order valence-electron chi connectivity index (χ3n) is 3.85. The molecule has 0 saturated carbocycles. The summed E-state index contributed by atoms with van der Waals surface area (Å²) in [6.07, 6.45) is 2.25. The molecule has 21 heavy (non-hydrogen) atoms. The van der Waals surface area contributed by atoms with Crippen molar-refractivity contribution in [3.63, 3.8) is 0 Å². The first kappa shape index (κ1) is 14.5. The Bertz CT molecular complexity index is 516. The lowest BCUT2D eigenvalue weighted by molar-refractivity contribution is -0.299. The van der Waals surface area contributed by atoms with Crippen LogP contribution in [0.25, 0.3) is 0 Å². The summed E-state index contributed by atoms with van der Waals surface area (Å²) in [5, 5.41) is 1.17. The molecular formula is C14H19NO6. The summed E-state index contributed by atoms with van der Waals surface area (Å²) in [5.41, 5.74) is -1.48. The van der Waals surface area contributed by atoms with Gasteiger partial charge in [-0.05, 0) is 26.8 Å². The second kappa shape index (κ2) is 4.53. The Labute approximate surface area is 122 Å². The van der Waals surface area contributed by atoms with Gasteiger partial charge in [-0.1, -0.05) is 6.08 Å². The summed E-state index contributed by atoms with van der Waals surface area (Å²) in [6.45, 7) is 6.83. The molecule has 4 rings (SSSR count). The molecule has 3 heterocycles. The Hall–Kier alpha value is -1.44. The van der Waals surface area contributed by atoms with Crippen LogP contribution in [0, 0.1) is 0 Å². The zero-order chi connectivity index (χ0) is 15.4. The van der Waals surface area contributed by atoms with E-state index < -0.39 is 35.6 Å². The van der Waals surface area contributed by atoms with Crippen LogP contribution in [0.4, 0.5) is 0 Å². The number of hydrogen-bond donors (Lipinski definition) is 0. The SMILES string of the molecule is CCOC(=O)C12C=CC([C@@H]3OC(C)(C)O[C@@H]31)N(C(C)=O)O2. The topological polar surface area (TPSA) is 74.3 Å². The minimum Gasteiger partial charge on any atom is -0.463 e. The van der Waals surface area contributed by atoms with Crippen molar-refractivity contribution in [2.45, 2.75) is 57.3 Å². The normalized spacial score (nSPS) is 39.2. The Morgan fingerprint density at radius 2 is 2.05 bits per heavy atom. The smallest absolute Gasteiger partial charge is 0.348 e. The van der Waals surface area contributed by atoms with Gasteiger partial charge >= 0.3 is 5.97 Å². The highest BCUT2D eigenvalue weighted by Crippen LogP contribution is 2.47. The maximum absolute atomic E-state index is 12.4. The number of amides is 1. The average Bonchev–Trinajstić information content (AvgIpc) is 2.76. The van der Waals surface area contributed by atoms with Crippen LogP contribution in [0.1, 0.15) is 27.7 Å². The minimum absolute atomic E-state index is 0.211. The Kier molecular flexibility index (Phi) is 3.12. The number of hydrogen-bond acceptors (Lipinski definition) is 6. The van der Waals surface area contributed by atoms with E-state index in [1.54, 1.807) is 32.9 Å². The van der Waals surface area contributed by atoms with Gasteiger partial charge in [-0.2, -0.15) is 0 Å². The van der Waals surface area contributed by atoms with Gasteiger partial charge < -0.3 is 14.2 Å². The predicted molar refractivity (Wildman–Crippen MR) is 69.7 cm³/mol. The first-order chi connectivity index (χ1) is 9.81. The number of nitrogens with zero attached hydrogens (tertiary/aromatic N) is 1. The molecule has 2 saturated heterocycles. The lowest BCUT2D eigenvalue weighted by atomic mass is 9.81. The molecule has 2 fully saturated rings. The van der Waals surface area contributed by atoms with Crippen molar-refractivity contribution >= 4 is 11.9 Å². The summed E-state index contributed by atoms with van der Waals surface area (Å²) >= 11 is 0. The van der Waals surface area contributed by atoms with Gasteiger partial charge in [0.25, 0.3) is 0 Å². The minimum atomic E-state index is -1.48. The summed E-state index contributed by atoms with van der Waals surface area (Å²) < 4.78 is 16.8. The molecule has 1 amide bonds. The van der Waals surface area contributed by atoms with Crippen LogP contribution in [0.5, 0.6) is 0 Å². The molecule has 0 aromatic carbocycles. The Morgan fingerprint density at radius 1 is 1.33 bits per heavy atom. The number of ether oxygens (including phenoxy) is 3. The highest BCUT2D eigenvalue weighted by atomic mass is 16.8. The van der Waals surface area contributed by atoms with Gasteiger partial charge in [0.2, 0.25) is 11.5 Å². The fourth-order valence-corrected chi connectivity index (χ4v) is 3.07. The summed E-state index contributed by atoms with van der Waals surface area (Å²) in [4.78, 5) is 29.9. The van der Waals surface area contributed by atoms with Gasteiger partial charge in [-0.3, -0.25) is 4.79 Å². The van der Waals surface area contributed by atoms with E-state index in [1.807, 2.05) is 0 Å². The third-order valence-corrected chi connectivity index (χ3v) is 3.85. The lowest BCUT2D eigenvalue weighted by Gasteiger charge is -2.50. The van der Waals surface area contributed by atoms with Crippen molar-refractivity contribution in [3.05, 3.63) is 12.2 Å². The van der Waals surface area contributed by atoms with Gasteiger partial charge in [0.05, 0.1) is 6.61 Å². The van der Waals surface area contributed by atoms with E-state index in [-0.39, 0.29) is 12.5 Å². The average molecular weight is 297 g/mol. The van der Waals surface area contributed by atoms with Crippen molar-refractivity contribution < 1.29 is 28.6 Å². The molecule has 0 aromatic rings. The van der Waals surface area contributed by atoms with E-state index in [0.29, 0.717) is 0 Å². The van der Waals surface area contributed by atoms with Crippen LogP contribution in [-0.4, -0.2) is 53.2 Å². The number of esters is 1. The van der Waals surface area contributed by atoms with Crippen LogP contribution in [-0.2, 0) is 28.6 Å². The lowest BCUT2D eigenvalue weighted by Crippen LogP contribution is -2.70. The quantitative estimate of drug-likeness (QED) is 0.547. The van der Waals surface area contributed by atoms with Crippen molar-refractivity contribution in [3.8, 4) is 0 Å². The zero-order valence-corrected chi connectivity index (χ0v) is 12.5. The number of fused-ring (bicyclic) bond motifs is 1. The fourth-order valence-electron chi connectivity index (χ4n) is 3.07. The third kappa shape index (κ3) is 1.99. The molecule has 2 unspecified atom stereocenters. The van der Waals surface area contributed by atoms with E-state index in [4.69, 9.17) is 19.0 Å². The van der Waals surface area contributed by atoms with Crippen LogP contribution >= 0.6 is 0 Å². The van der Waals surface area contributed by atoms with E-state index in [1.165, 1.54) is 12.0 Å². The molecule has 0 N–H and O–H groups in total. The van der Waals surface area contributed by atoms with Crippen molar-refractivity contribution in [2.24, 2.45) is 0 Å². The predicted octanol–water partition coefficient (Wildman–Crippen LogP) is 0.540. The second-order valence-corrected chi connectivity index (χ2v) is 5.82. The van der Waals surface area contributed by atoms with Gasteiger partial charge in [-0.25, -0.2) is 14.7 Å². The highest BCUT2D eigenvalue weighted by Gasteiger charge is 2.67. The van der Waals surface area contributed by atoms with Gasteiger partial charge in [0.1, 0.15) is 18.2 Å². The van der Waals surface area contributed by atoms with Crippen LogP contribution < -0.4 is 0 Å². The van der Waals surface area contributed by atoms with E-state index >= 15 is 0 Å². The summed E-state index contributed by atoms with van der Waals surface area (Å²) in [7, 11) is 0. The van der Waals surface area contributed by atoms with Crippen molar-refractivity contribution in [1.82, 2.24) is 5.06 Å². The maximum atomic E-state index is 12.4. The monoisotopic (exact) mass is 297 g/mol. The standard InChI is InChI=1S/C14H19NO6/c1-5-18-12(17)14-7-6-9(15(21-14)8(2)16)10-11(14)20-13(3,4)19-10/h6-7,9-11H,5H2,1-4H3/t9?,10-,11-,14?/m0/s1. The van der Waals surface area contributed by atoms with Crippen molar-refractivity contribution in [1.29, 1.82) is 0 Å².